The number of carbonyl (C=O) groups is 2. The Morgan fingerprint density at radius 1 is 1.10 bits per heavy atom. The van der Waals surface area contributed by atoms with Crippen molar-refractivity contribution in [1.29, 1.82) is 0 Å². The van der Waals surface area contributed by atoms with Crippen LogP contribution in [-0.2, 0) is 17.6 Å². The number of fused-ring (bicyclic) bond motifs is 2. The lowest BCUT2D eigenvalue weighted by atomic mass is 9.88. The smallest absolute Gasteiger partial charge is 0.339 e. The number of rotatable bonds is 9. The number of aromatic carboxylic acids is 1. The Balaban J connectivity index is 1.56. The Morgan fingerprint density at radius 3 is 2.74 bits per heavy atom. The van der Waals surface area contributed by atoms with E-state index in [0.29, 0.717) is 29.9 Å². The lowest BCUT2D eigenvalue weighted by Crippen LogP contribution is -2.50. The van der Waals surface area contributed by atoms with Gasteiger partial charge >= 0.3 is 5.97 Å². The second-order valence-corrected chi connectivity index (χ2v) is 8.19. The number of unbranched alkanes of at least 4 members (excludes halogenated alkanes) is 2. The second kappa shape index (κ2) is 9.39. The molecule has 2 aromatic rings. The van der Waals surface area contributed by atoms with E-state index in [2.05, 4.69) is 23.2 Å². The minimum Gasteiger partial charge on any atom is -0.478 e. The average Bonchev–Trinajstić information content (AvgIpc) is 3.36. The summed E-state index contributed by atoms with van der Waals surface area (Å²) >= 11 is 0. The molecule has 4 rings (SSSR count). The highest BCUT2D eigenvalue weighted by atomic mass is 16.7. The Hall–Kier alpha value is -3.06. The first kappa shape index (κ1) is 21.2. The molecular formula is C24H29N2O5+. The van der Waals surface area contributed by atoms with Gasteiger partial charge in [-0.2, -0.15) is 0 Å². The topological polar surface area (TPSA) is 113 Å². The molecule has 2 aliphatic rings. The number of hydrogen-bond acceptors (Lipinski definition) is 4. The summed E-state index contributed by atoms with van der Waals surface area (Å²) in [7, 11) is 0. The van der Waals surface area contributed by atoms with E-state index in [9.17, 15) is 14.7 Å². The van der Waals surface area contributed by atoms with E-state index in [1.807, 2.05) is 12.1 Å². The van der Waals surface area contributed by atoms with Gasteiger partial charge in [0, 0.05) is 18.4 Å². The van der Waals surface area contributed by atoms with Crippen LogP contribution in [0.15, 0.2) is 36.4 Å². The zero-order valence-electron chi connectivity index (χ0n) is 17.6. The van der Waals surface area contributed by atoms with Gasteiger partial charge in [-0.05, 0) is 54.9 Å². The van der Waals surface area contributed by atoms with Gasteiger partial charge in [0.2, 0.25) is 12.7 Å². The standard InChI is InChI=1S/C24H28N2O5/c25-11-5-1-2-8-21(27)26-19-13-15-6-3-4-7-17(15)18(19)12-16-9-10-20-23(31-14-30-20)22(16)24(28)29/h3-4,6-7,9-10,18-19H,1-2,5,8,11-14,25H2,(H,26,27)(H,28,29)/p+1/t18-,19-/m0/s1. The van der Waals surface area contributed by atoms with Crippen LogP contribution in [0.2, 0.25) is 0 Å². The minimum atomic E-state index is -1.03. The highest BCUT2D eigenvalue weighted by molar-refractivity contribution is 5.94. The third-order valence-electron chi connectivity index (χ3n) is 6.16. The highest BCUT2D eigenvalue weighted by Crippen LogP contribution is 2.41. The van der Waals surface area contributed by atoms with Crippen molar-refractivity contribution in [1.82, 2.24) is 5.32 Å². The molecule has 164 valence electrons. The predicted octanol–water partition coefficient (Wildman–Crippen LogP) is 2.28. The zero-order valence-corrected chi connectivity index (χ0v) is 17.6. The first-order chi connectivity index (χ1) is 15.1. The maximum absolute atomic E-state index is 12.6. The summed E-state index contributed by atoms with van der Waals surface area (Å²) in [6.45, 7) is 0.918. The van der Waals surface area contributed by atoms with Crippen LogP contribution in [0.1, 0.15) is 58.6 Å². The van der Waals surface area contributed by atoms with Gasteiger partial charge in [-0.1, -0.05) is 30.3 Å². The monoisotopic (exact) mass is 425 g/mol. The molecule has 7 nitrogen and oxygen atoms in total. The summed E-state index contributed by atoms with van der Waals surface area (Å²) < 4.78 is 10.8. The van der Waals surface area contributed by atoms with Gasteiger partial charge in [0.25, 0.3) is 0 Å². The minimum absolute atomic E-state index is 0.00142. The highest BCUT2D eigenvalue weighted by Gasteiger charge is 2.35. The molecule has 2 aromatic carbocycles. The number of nitrogens with one attached hydrogen (secondary N) is 1. The van der Waals surface area contributed by atoms with Crippen molar-refractivity contribution in [2.45, 2.75) is 50.5 Å². The molecule has 1 amide bonds. The molecule has 1 aliphatic heterocycles. The third kappa shape index (κ3) is 4.51. The van der Waals surface area contributed by atoms with Crippen molar-refractivity contribution in [3.8, 4) is 11.5 Å². The van der Waals surface area contributed by atoms with E-state index in [0.717, 1.165) is 32.2 Å². The van der Waals surface area contributed by atoms with Crippen molar-refractivity contribution in [2.75, 3.05) is 13.3 Å². The van der Waals surface area contributed by atoms with E-state index in [-0.39, 0.29) is 30.2 Å². The molecule has 0 radical (unpaired) electrons. The Morgan fingerprint density at radius 2 is 1.94 bits per heavy atom. The van der Waals surface area contributed by atoms with Gasteiger partial charge in [-0.3, -0.25) is 4.79 Å². The second-order valence-electron chi connectivity index (χ2n) is 8.19. The normalized spacial score (nSPS) is 18.6. The fraction of sp³-hybridized carbons (Fsp3) is 0.417. The summed E-state index contributed by atoms with van der Waals surface area (Å²) in [5.41, 5.74) is 7.05. The van der Waals surface area contributed by atoms with Crippen LogP contribution in [0, 0.1) is 0 Å². The molecule has 0 aromatic heterocycles. The van der Waals surface area contributed by atoms with Crippen LogP contribution >= 0.6 is 0 Å². The van der Waals surface area contributed by atoms with Crippen molar-refractivity contribution in [2.24, 2.45) is 0 Å². The first-order valence-electron chi connectivity index (χ1n) is 10.9. The molecule has 1 aliphatic carbocycles. The van der Waals surface area contributed by atoms with Crippen LogP contribution < -0.4 is 20.5 Å². The molecule has 0 bridgehead atoms. The van der Waals surface area contributed by atoms with Gasteiger partial charge < -0.3 is 25.6 Å². The molecule has 0 spiro atoms. The quantitative estimate of drug-likeness (QED) is 0.534. The summed E-state index contributed by atoms with van der Waals surface area (Å²) in [5, 5.41) is 13.1. The summed E-state index contributed by atoms with van der Waals surface area (Å²) in [4.78, 5) is 24.6. The van der Waals surface area contributed by atoms with E-state index in [4.69, 9.17) is 9.47 Å². The van der Waals surface area contributed by atoms with Gasteiger partial charge in [-0.25, -0.2) is 4.79 Å². The van der Waals surface area contributed by atoms with Crippen molar-refractivity contribution < 1.29 is 29.9 Å². The number of hydrogen-bond donors (Lipinski definition) is 3. The molecule has 5 N–H and O–H groups in total. The summed E-state index contributed by atoms with van der Waals surface area (Å²) in [6.07, 6.45) is 4.65. The Bertz CT molecular complexity index is 974. The van der Waals surface area contributed by atoms with Crippen LogP contribution in [-0.4, -0.2) is 36.4 Å². The SMILES string of the molecule is [NH3+]CCCCCC(=O)N[C@H]1Cc2ccccc2[C@@H]1Cc1ccc2c(c1C(=O)O)OCO2. The van der Waals surface area contributed by atoms with Crippen molar-refractivity contribution in [3.63, 3.8) is 0 Å². The Kier molecular flexibility index (Phi) is 6.42. The molecule has 0 saturated carbocycles. The number of amides is 1. The van der Waals surface area contributed by atoms with E-state index in [1.54, 1.807) is 12.1 Å². The fourth-order valence-electron chi connectivity index (χ4n) is 4.65. The van der Waals surface area contributed by atoms with Crippen LogP contribution in [0.5, 0.6) is 11.5 Å². The van der Waals surface area contributed by atoms with Crippen LogP contribution in [0.3, 0.4) is 0 Å². The number of carbonyl (C=O) groups excluding carboxylic acids is 1. The molecule has 31 heavy (non-hydrogen) atoms. The number of carboxylic acids is 1. The largest absolute Gasteiger partial charge is 0.478 e. The molecule has 1 heterocycles. The van der Waals surface area contributed by atoms with Gasteiger partial charge in [0.15, 0.2) is 11.5 Å². The van der Waals surface area contributed by atoms with E-state index >= 15 is 0 Å². The van der Waals surface area contributed by atoms with Gasteiger partial charge in [0.05, 0.1) is 6.54 Å². The maximum atomic E-state index is 12.6. The molecule has 0 unspecified atom stereocenters. The van der Waals surface area contributed by atoms with Crippen LogP contribution in [0.4, 0.5) is 0 Å². The van der Waals surface area contributed by atoms with Crippen molar-refractivity contribution >= 4 is 11.9 Å². The third-order valence-corrected chi connectivity index (χ3v) is 6.16. The maximum Gasteiger partial charge on any atom is 0.339 e. The van der Waals surface area contributed by atoms with Crippen LogP contribution in [0.25, 0.3) is 0 Å². The molecule has 0 saturated heterocycles. The number of benzene rings is 2. The van der Waals surface area contributed by atoms with Gasteiger partial charge in [0.1, 0.15) is 5.56 Å². The molecule has 2 atom stereocenters. The molecular weight excluding hydrogens is 396 g/mol. The van der Waals surface area contributed by atoms with E-state index in [1.165, 1.54) is 11.1 Å². The number of quaternary nitrogens is 1. The molecule has 7 heteroatoms. The summed E-state index contributed by atoms with van der Waals surface area (Å²) in [6, 6.07) is 11.7. The van der Waals surface area contributed by atoms with Gasteiger partial charge in [-0.15, -0.1) is 0 Å². The first-order valence-corrected chi connectivity index (χ1v) is 10.9. The summed E-state index contributed by atoms with van der Waals surface area (Å²) in [5.74, 6) is -0.230. The fourth-order valence-corrected chi connectivity index (χ4v) is 4.65. The van der Waals surface area contributed by atoms with Crippen molar-refractivity contribution in [3.05, 3.63) is 58.7 Å². The molecule has 0 fully saturated rings. The average molecular weight is 426 g/mol. The predicted molar refractivity (Wildman–Crippen MR) is 114 cm³/mol. The number of carboxylic acid groups (broad SMARTS) is 1. The number of ether oxygens (including phenoxy) is 2. The van der Waals surface area contributed by atoms with E-state index < -0.39 is 5.97 Å². The zero-order chi connectivity index (χ0) is 21.8. The lowest BCUT2D eigenvalue weighted by Gasteiger charge is -2.23. The Labute approximate surface area is 181 Å². The lowest BCUT2D eigenvalue weighted by molar-refractivity contribution is -0.368.